The van der Waals surface area contributed by atoms with Crippen LogP contribution in [-0.2, 0) is 4.79 Å². The van der Waals surface area contributed by atoms with Gasteiger partial charge in [0.15, 0.2) is 0 Å². The monoisotopic (exact) mass is 196 g/mol. The Bertz CT molecular complexity index is 211. The molecule has 2 aliphatic rings. The fourth-order valence-corrected chi connectivity index (χ4v) is 2.67. The molecule has 2 rings (SSSR count). The summed E-state index contributed by atoms with van der Waals surface area (Å²) in [6.45, 7) is 0.942. The number of likely N-dealkylation sites (tertiary alicyclic amines) is 1. The minimum absolute atomic E-state index is 0.203. The van der Waals surface area contributed by atoms with Crippen LogP contribution in [0.4, 0.5) is 0 Å². The fourth-order valence-electron chi connectivity index (χ4n) is 2.67. The van der Waals surface area contributed by atoms with E-state index in [-0.39, 0.29) is 11.9 Å². The molecule has 1 aliphatic carbocycles. The lowest BCUT2D eigenvalue weighted by Gasteiger charge is -2.29. The number of rotatable bonds is 1. The maximum Gasteiger partial charge on any atom is 0.239 e. The average molecular weight is 196 g/mol. The Hall–Kier alpha value is -0.570. The third-order valence-corrected chi connectivity index (χ3v) is 3.53. The molecule has 14 heavy (non-hydrogen) atoms. The number of hydrogen-bond donors (Lipinski definition) is 1. The zero-order valence-electron chi connectivity index (χ0n) is 8.74. The highest BCUT2D eigenvalue weighted by molar-refractivity contribution is 5.82. The van der Waals surface area contributed by atoms with Gasteiger partial charge in [-0.25, -0.2) is 0 Å². The summed E-state index contributed by atoms with van der Waals surface area (Å²) in [5.41, 5.74) is 5.85. The first-order chi connectivity index (χ1) is 6.79. The summed E-state index contributed by atoms with van der Waals surface area (Å²) in [5.74, 6) is 0.203. The van der Waals surface area contributed by atoms with Gasteiger partial charge in [-0.15, -0.1) is 0 Å². The van der Waals surface area contributed by atoms with Gasteiger partial charge in [-0.05, 0) is 32.1 Å². The summed E-state index contributed by atoms with van der Waals surface area (Å²) < 4.78 is 0. The lowest BCUT2D eigenvalue weighted by molar-refractivity contribution is -0.134. The van der Waals surface area contributed by atoms with Crippen LogP contribution in [0.2, 0.25) is 0 Å². The lowest BCUT2D eigenvalue weighted by atomic mass is 10.1. The van der Waals surface area contributed by atoms with Crippen molar-refractivity contribution >= 4 is 5.91 Å². The van der Waals surface area contributed by atoms with E-state index < -0.39 is 0 Å². The number of nitrogens with zero attached hydrogens (tertiary/aromatic N) is 1. The van der Waals surface area contributed by atoms with Crippen LogP contribution in [-0.4, -0.2) is 29.4 Å². The lowest BCUT2D eigenvalue weighted by Crippen LogP contribution is -2.46. The summed E-state index contributed by atoms with van der Waals surface area (Å²) in [6.07, 6.45) is 8.07. The van der Waals surface area contributed by atoms with Crippen LogP contribution in [0, 0.1) is 0 Å². The van der Waals surface area contributed by atoms with E-state index in [0.717, 1.165) is 25.8 Å². The summed E-state index contributed by atoms with van der Waals surface area (Å²) in [6, 6.07) is 0.282. The van der Waals surface area contributed by atoms with Gasteiger partial charge in [0.1, 0.15) is 0 Å². The SMILES string of the molecule is NC1CCCCN(C2CCCC2)C1=O. The topological polar surface area (TPSA) is 46.3 Å². The highest BCUT2D eigenvalue weighted by atomic mass is 16.2. The molecule has 0 radical (unpaired) electrons. The highest BCUT2D eigenvalue weighted by Crippen LogP contribution is 2.26. The van der Waals surface area contributed by atoms with Gasteiger partial charge in [-0.3, -0.25) is 4.79 Å². The molecule has 1 saturated heterocycles. The van der Waals surface area contributed by atoms with Crippen molar-refractivity contribution in [3.05, 3.63) is 0 Å². The molecule has 0 bridgehead atoms. The average Bonchev–Trinajstić information content (AvgIpc) is 2.64. The van der Waals surface area contributed by atoms with Gasteiger partial charge in [0, 0.05) is 12.6 Å². The zero-order valence-corrected chi connectivity index (χ0v) is 8.74. The van der Waals surface area contributed by atoms with E-state index in [4.69, 9.17) is 5.73 Å². The van der Waals surface area contributed by atoms with Crippen LogP contribution in [0.3, 0.4) is 0 Å². The second kappa shape index (κ2) is 4.30. The zero-order chi connectivity index (χ0) is 9.97. The van der Waals surface area contributed by atoms with Crippen molar-refractivity contribution in [2.24, 2.45) is 5.73 Å². The van der Waals surface area contributed by atoms with Gasteiger partial charge in [-0.1, -0.05) is 12.8 Å². The van der Waals surface area contributed by atoms with Crippen molar-refractivity contribution in [1.29, 1.82) is 0 Å². The molecular formula is C11H20N2O. The largest absolute Gasteiger partial charge is 0.338 e. The van der Waals surface area contributed by atoms with Crippen LogP contribution in [0.1, 0.15) is 44.9 Å². The molecule has 0 aromatic heterocycles. The quantitative estimate of drug-likeness (QED) is 0.686. The molecular weight excluding hydrogens is 176 g/mol. The normalized spacial score (nSPS) is 30.8. The van der Waals surface area contributed by atoms with E-state index in [1.54, 1.807) is 0 Å². The molecule has 1 unspecified atom stereocenters. The Balaban J connectivity index is 2.03. The molecule has 1 heterocycles. The smallest absolute Gasteiger partial charge is 0.239 e. The van der Waals surface area contributed by atoms with E-state index in [0.29, 0.717) is 6.04 Å². The minimum atomic E-state index is -0.224. The van der Waals surface area contributed by atoms with Crippen LogP contribution >= 0.6 is 0 Å². The van der Waals surface area contributed by atoms with E-state index in [2.05, 4.69) is 4.90 Å². The predicted molar refractivity (Wildman–Crippen MR) is 55.8 cm³/mol. The summed E-state index contributed by atoms with van der Waals surface area (Å²) >= 11 is 0. The molecule has 0 spiro atoms. The van der Waals surface area contributed by atoms with Gasteiger partial charge < -0.3 is 10.6 Å². The molecule has 0 aromatic carbocycles. The van der Waals surface area contributed by atoms with Crippen molar-refractivity contribution < 1.29 is 4.79 Å². The first kappa shape index (κ1) is 9.97. The molecule has 80 valence electrons. The Morgan fingerprint density at radius 2 is 1.71 bits per heavy atom. The standard InChI is InChI=1S/C11H20N2O/c12-10-7-3-4-8-13(11(10)14)9-5-1-2-6-9/h9-10H,1-8,12H2. The van der Waals surface area contributed by atoms with Crippen LogP contribution in [0.15, 0.2) is 0 Å². The van der Waals surface area contributed by atoms with Crippen LogP contribution in [0.25, 0.3) is 0 Å². The molecule has 1 amide bonds. The molecule has 2 N–H and O–H groups in total. The number of hydrogen-bond acceptors (Lipinski definition) is 2. The number of carbonyl (C=O) groups excluding carboxylic acids is 1. The third-order valence-electron chi connectivity index (χ3n) is 3.53. The van der Waals surface area contributed by atoms with Gasteiger partial charge in [0.05, 0.1) is 6.04 Å². The van der Waals surface area contributed by atoms with Crippen LogP contribution < -0.4 is 5.73 Å². The van der Waals surface area contributed by atoms with Gasteiger partial charge >= 0.3 is 0 Å². The van der Waals surface area contributed by atoms with E-state index in [1.165, 1.54) is 25.7 Å². The first-order valence-corrected chi connectivity index (χ1v) is 5.85. The Morgan fingerprint density at radius 1 is 1.07 bits per heavy atom. The second-order valence-corrected chi connectivity index (χ2v) is 4.57. The van der Waals surface area contributed by atoms with Gasteiger partial charge in [-0.2, -0.15) is 0 Å². The summed E-state index contributed by atoms with van der Waals surface area (Å²) in [4.78, 5) is 14.0. The molecule has 1 aliphatic heterocycles. The third kappa shape index (κ3) is 1.92. The van der Waals surface area contributed by atoms with E-state index in [9.17, 15) is 4.79 Å². The Morgan fingerprint density at radius 3 is 2.43 bits per heavy atom. The second-order valence-electron chi connectivity index (χ2n) is 4.57. The molecule has 1 saturated carbocycles. The summed E-state index contributed by atoms with van der Waals surface area (Å²) in [7, 11) is 0. The minimum Gasteiger partial charge on any atom is -0.338 e. The van der Waals surface area contributed by atoms with Gasteiger partial charge in [0.25, 0.3) is 0 Å². The van der Waals surface area contributed by atoms with Crippen molar-refractivity contribution in [2.75, 3.05) is 6.54 Å². The first-order valence-electron chi connectivity index (χ1n) is 5.85. The summed E-state index contributed by atoms with van der Waals surface area (Å²) in [5, 5.41) is 0. The van der Waals surface area contributed by atoms with E-state index in [1.807, 2.05) is 0 Å². The molecule has 0 aromatic rings. The number of amides is 1. The van der Waals surface area contributed by atoms with Gasteiger partial charge in [0.2, 0.25) is 5.91 Å². The highest BCUT2D eigenvalue weighted by Gasteiger charge is 2.30. The number of nitrogens with two attached hydrogens (primary N) is 1. The van der Waals surface area contributed by atoms with Crippen molar-refractivity contribution in [3.63, 3.8) is 0 Å². The number of carbonyl (C=O) groups is 1. The predicted octanol–water partition coefficient (Wildman–Crippen LogP) is 1.27. The molecule has 2 fully saturated rings. The molecule has 1 atom stereocenters. The van der Waals surface area contributed by atoms with E-state index >= 15 is 0 Å². The Kier molecular flexibility index (Phi) is 3.06. The van der Waals surface area contributed by atoms with Crippen molar-refractivity contribution in [2.45, 2.75) is 57.0 Å². The fraction of sp³-hybridized carbons (Fsp3) is 0.909. The van der Waals surface area contributed by atoms with Crippen molar-refractivity contribution in [1.82, 2.24) is 4.90 Å². The molecule has 3 nitrogen and oxygen atoms in total. The maximum atomic E-state index is 11.9. The van der Waals surface area contributed by atoms with Crippen molar-refractivity contribution in [3.8, 4) is 0 Å². The Labute approximate surface area is 85.6 Å². The van der Waals surface area contributed by atoms with Crippen LogP contribution in [0.5, 0.6) is 0 Å². The maximum absolute atomic E-state index is 11.9. The molecule has 3 heteroatoms.